The van der Waals surface area contributed by atoms with Crippen LogP contribution in [0.3, 0.4) is 0 Å². The number of amides is 1. The van der Waals surface area contributed by atoms with E-state index < -0.39 is 11.7 Å². The van der Waals surface area contributed by atoms with Gasteiger partial charge in [0.05, 0.1) is 25.5 Å². The standard InChI is InChI=1S/C24H32F3N5O3/c1-16(2)35-15-17-8-9-19(20(13-17)34-3)30-23-29-14-18(24(25,26)27)22(31-23)28-10-6-12-32-11-5-4-7-21(32)33/h8-9,13-14,16H,4-7,10-12,15H2,1-3H3,(H2,28,29,30,31). The molecule has 8 nitrogen and oxygen atoms in total. The van der Waals surface area contributed by atoms with Crippen LogP contribution in [0.1, 0.15) is 50.7 Å². The molecule has 1 aromatic heterocycles. The Bertz CT molecular complexity index is 1000. The molecule has 2 aromatic rings. The highest BCUT2D eigenvalue weighted by molar-refractivity contribution is 5.76. The highest BCUT2D eigenvalue weighted by atomic mass is 19.4. The molecule has 1 aliphatic rings. The Hall–Kier alpha value is -3.08. The molecule has 0 saturated carbocycles. The van der Waals surface area contributed by atoms with Crippen LogP contribution in [0.25, 0.3) is 0 Å². The monoisotopic (exact) mass is 495 g/mol. The van der Waals surface area contributed by atoms with Crippen molar-refractivity contribution >= 4 is 23.4 Å². The number of aromatic nitrogens is 2. The number of benzene rings is 1. The Kier molecular flexibility index (Phi) is 9.13. The van der Waals surface area contributed by atoms with Gasteiger partial charge in [0, 0.05) is 32.3 Å². The van der Waals surface area contributed by atoms with Crippen molar-refractivity contribution in [2.24, 2.45) is 0 Å². The van der Waals surface area contributed by atoms with Crippen molar-refractivity contribution in [2.45, 2.75) is 58.4 Å². The van der Waals surface area contributed by atoms with Crippen molar-refractivity contribution in [1.29, 1.82) is 0 Å². The third kappa shape index (κ3) is 7.71. The van der Waals surface area contributed by atoms with Crippen LogP contribution in [0, 0.1) is 0 Å². The zero-order chi connectivity index (χ0) is 25.4. The zero-order valence-corrected chi connectivity index (χ0v) is 20.2. The quantitative estimate of drug-likeness (QED) is 0.425. The van der Waals surface area contributed by atoms with E-state index in [0.717, 1.165) is 24.6 Å². The van der Waals surface area contributed by atoms with Gasteiger partial charge in [-0.2, -0.15) is 18.2 Å². The fraction of sp³-hybridized carbons (Fsp3) is 0.542. The van der Waals surface area contributed by atoms with Crippen LogP contribution in [0.15, 0.2) is 24.4 Å². The summed E-state index contributed by atoms with van der Waals surface area (Å²) in [6.07, 6.45) is -0.912. The van der Waals surface area contributed by atoms with Crippen molar-refractivity contribution in [1.82, 2.24) is 14.9 Å². The molecule has 1 aromatic carbocycles. The molecule has 0 radical (unpaired) electrons. The fourth-order valence-corrected chi connectivity index (χ4v) is 3.67. The van der Waals surface area contributed by atoms with Crippen molar-refractivity contribution in [3.8, 4) is 5.75 Å². The number of alkyl halides is 3. The maximum atomic E-state index is 13.5. The smallest absolute Gasteiger partial charge is 0.421 e. The summed E-state index contributed by atoms with van der Waals surface area (Å²) < 4.78 is 51.6. The molecule has 0 unspecified atom stereocenters. The lowest BCUT2D eigenvalue weighted by Crippen LogP contribution is -2.36. The van der Waals surface area contributed by atoms with E-state index in [0.29, 0.717) is 44.0 Å². The van der Waals surface area contributed by atoms with E-state index in [2.05, 4.69) is 20.6 Å². The Morgan fingerprint density at radius 3 is 2.71 bits per heavy atom. The van der Waals surface area contributed by atoms with E-state index in [1.54, 1.807) is 17.0 Å². The molecule has 1 fully saturated rings. The molecule has 1 aliphatic heterocycles. The number of halogens is 3. The Morgan fingerprint density at radius 1 is 1.23 bits per heavy atom. The predicted molar refractivity (Wildman–Crippen MR) is 127 cm³/mol. The van der Waals surface area contributed by atoms with E-state index in [4.69, 9.17) is 9.47 Å². The molecule has 0 aliphatic carbocycles. The Morgan fingerprint density at radius 2 is 2.03 bits per heavy atom. The summed E-state index contributed by atoms with van der Waals surface area (Å²) in [4.78, 5) is 21.6. The minimum absolute atomic E-state index is 0.00353. The summed E-state index contributed by atoms with van der Waals surface area (Å²) in [5.74, 6) is 0.257. The zero-order valence-electron chi connectivity index (χ0n) is 20.2. The minimum Gasteiger partial charge on any atom is -0.495 e. The first-order valence-electron chi connectivity index (χ1n) is 11.7. The summed E-state index contributed by atoms with van der Waals surface area (Å²) in [6, 6.07) is 5.36. The molecular weight excluding hydrogens is 463 g/mol. The van der Waals surface area contributed by atoms with Gasteiger partial charge in [-0.15, -0.1) is 0 Å². The van der Waals surface area contributed by atoms with Gasteiger partial charge in [0.2, 0.25) is 11.9 Å². The average molecular weight is 496 g/mol. The minimum atomic E-state index is -4.61. The van der Waals surface area contributed by atoms with Crippen LogP contribution in [-0.4, -0.2) is 53.6 Å². The summed E-state index contributed by atoms with van der Waals surface area (Å²) in [6.45, 7) is 5.70. The van der Waals surface area contributed by atoms with Crippen molar-refractivity contribution in [3.63, 3.8) is 0 Å². The van der Waals surface area contributed by atoms with E-state index in [1.165, 1.54) is 7.11 Å². The molecule has 3 rings (SSSR count). The second-order valence-corrected chi connectivity index (χ2v) is 8.59. The molecular formula is C24H32F3N5O3. The Labute approximate surface area is 203 Å². The van der Waals surface area contributed by atoms with Crippen LogP contribution in [0.2, 0.25) is 0 Å². The first kappa shape index (κ1) is 26.5. The number of hydrogen-bond acceptors (Lipinski definition) is 7. The first-order valence-corrected chi connectivity index (χ1v) is 11.7. The molecule has 11 heteroatoms. The van der Waals surface area contributed by atoms with Gasteiger partial charge in [-0.05, 0) is 50.8 Å². The predicted octanol–water partition coefficient (Wildman–Crippen LogP) is 4.99. The molecule has 1 saturated heterocycles. The van der Waals surface area contributed by atoms with Crippen molar-refractivity contribution in [3.05, 3.63) is 35.5 Å². The van der Waals surface area contributed by atoms with E-state index in [1.807, 2.05) is 19.9 Å². The number of anilines is 3. The lowest BCUT2D eigenvalue weighted by molar-refractivity contribution is -0.137. The number of methoxy groups -OCH3 is 1. The second-order valence-electron chi connectivity index (χ2n) is 8.59. The molecule has 0 bridgehead atoms. The van der Waals surface area contributed by atoms with Gasteiger partial charge in [-0.25, -0.2) is 4.98 Å². The van der Waals surface area contributed by atoms with E-state index in [9.17, 15) is 18.0 Å². The maximum absolute atomic E-state index is 13.5. The third-order valence-corrected chi connectivity index (χ3v) is 5.51. The topological polar surface area (TPSA) is 88.6 Å². The number of hydrogen-bond donors (Lipinski definition) is 2. The van der Waals surface area contributed by atoms with Crippen LogP contribution >= 0.6 is 0 Å². The number of likely N-dealkylation sites (tertiary alicyclic amines) is 1. The first-order chi connectivity index (χ1) is 16.7. The summed E-state index contributed by atoms with van der Waals surface area (Å²) in [5.41, 5.74) is 0.448. The molecule has 1 amide bonds. The van der Waals surface area contributed by atoms with Gasteiger partial charge in [-0.1, -0.05) is 6.07 Å². The number of carbonyl (C=O) groups excluding carboxylic acids is 1. The van der Waals surface area contributed by atoms with Crippen LogP contribution in [0.5, 0.6) is 5.75 Å². The van der Waals surface area contributed by atoms with Crippen LogP contribution < -0.4 is 15.4 Å². The maximum Gasteiger partial charge on any atom is 0.421 e. The summed E-state index contributed by atoms with van der Waals surface area (Å²) in [7, 11) is 1.50. The van der Waals surface area contributed by atoms with Gasteiger partial charge in [0.15, 0.2) is 0 Å². The van der Waals surface area contributed by atoms with E-state index >= 15 is 0 Å². The summed E-state index contributed by atoms with van der Waals surface area (Å²) >= 11 is 0. The SMILES string of the molecule is COc1cc(COC(C)C)ccc1Nc1ncc(C(F)(F)F)c(NCCCN2CCCCC2=O)n1. The highest BCUT2D eigenvalue weighted by Gasteiger charge is 2.35. The van der Waals surface area contributed by atoms with Gasteiger partial charge < -0.3 is 25.0 Å². The lowest BCUT2D eigenvalue weighted by Gasteiger charge is -2.26. The van der Waals surface area contributed by atoms with Crippen LogP contribution in [0.4, 0.5) is 30.6 Å². The van der Waals surface area contributed by atoms with E-state index in [-0.39, 0.29) is 30.3 Å². The second kappa shape index (κ2) is 12.1. The number of piperidine rings is 1. The van der Waals surface area contributed by atoms with Gasteiger partial charge in [0.25, 0.3) is 0 Å². The summed E-state index contributed by atoms with van der Waals surface area (Å²) in [5, 5.41) is 5.70. The number of nitrogens with one attached hydrogen (secondary N) is 2. The van der Waals surface area contributed by atoms with Gasteiger partial charge >= 0.3 is 6.18 Å². The van der Waals surface area contributed by atoms with Crippen molar-refractivity contribution < 1.29 is 27.4 Å². The number of nitrogens with zero attached hydrogens (tertiary/aromatic N) is 3. The Balaban J connectivity index is 1.70. The van der Waals surface area contributed by atoms with Crippen molar-refractivity contribution in [2.75, 3.05) is 37.4 Å². The highest BCUT2D eigenvalue weighted by Crippen LogP contribution is 2.35. The number of rotatable bonds is 11. The molecule has 0 spiro atoms. The largest absolute Gasteiger partial charge is 0.495 e. The van der Waals surface area contributed by atoms with Gasteiger partial charge in [0.1, 0.15) is 17.1 Å². The molecule has 2 N–H and O–H groups in total. The molecule has 2 heterocycles. The average Bonchev–Trinajstić information content (AvgIpc) is 2.81. The fourth-order valence-electron chi connectivity index (χ4n) is 3.67. The van der Waals surface area contributed by atoms with Gasteiger partial charge in [-0.3, -0.25) is 4.79 Å². The molecule has 35 heavy (non-hydrogen) atoms. The normalized spacial score (nSPS) is 14.4. The molecule has 192 valence electrons. The number of ether oxygens (including phenoxy) is 2. The lowest BCUT2D eigenvalue weighted by atomic mass is 10.1. The third-order valence-electron chi connectivity index (χ3n) is 5.51. The molecule has 0 atom stereocenters. The van der Waals surface area contributed by atoms with Crippen LogP contribution in [-0.2, 0) is 22.3 Å². The number of carbonyl (C=O) groups is 1.